The molecule has 1 aromatic rings. The van der Waals surface area contributed by atoms with E-state index in [0.29, 0.717) is 6.42 Å². The fraction of sp³-hybridized carbons (Fsp3) is 0.400. The van der Waals surface area contributed by atoms with Gasteiger partial charge in [-0.3, -0.25) is 0 Å². The summed E-state index contributed by atoms with van der Waals surface area (Å²) in [6.07, 6.45) is 2.30. The van der Waals surface area contributed by atoms with Crippen LogP contribution >= 0.6 is 15.9 Å². The van der Waals surface area contributed by atoms with Gasteiger partial charge in [-0.25, -0.2) is 4.98 Å². The zero-order valence-electron chi connectivity index (χ0n) is 8.21. The molecule has 74 valence electrons. The predicted octanol–water partition coefficient (Wildman–Crippen LogP) is 2.87. The van der Waals surface area contributed by atoms with E-state index in [0.717, 1.165) is 15.9 Å². The van der Waals surface area contributed by atoms with Crippen molar-refractivity contribution in [1.82, 2.24) is 4.98 Å². The minimum atomic E-state index is 0.160. The highest BCUT2D eigenvalue weighted by atomic mass is 79.9. The van der Waals surface area contributed by atoms with E-state index in [9.17, 15) is 0 Å². The molecule has 1 heterocycles. The van der Waals surface area contributed by atoms with Crippen LogP contribution in [0, 0.1) is 18.3 Å². The summed E-state index contributed by atoms with van der Waals surface area (Å²) < 4.78 is 0.801. The lowest BCUT2D eigenvalue weighted by atomic mass is 10.2. The fourth-order valence-corrected chi connectivity index (χ4v) is 1.44. The van der Waals surface area contributed by atoms with Crippen LogP contribution in [0.4, 0.5) is 5.69 Å². The van der Waals surface area contributed by atoms with Crippen LogP contribution in [0.3, 0.4) is 0 Å². The van der Waals surface area contributed by atoms with Gasteiger partial charge in [0.15, 0.2) is 0 Å². The largest absolute Gasteiger partial charge is 0.381 e. The Morgan fingerprint density at radius 3 is 3.07 bits per heavy atom. The molecule has 0 aliphatic heterocycles. The molecule has 0 aliphatic carbocycles. The van der Waals surface area contributed by atoms with E-state index in [1.54, 1.807) is 6.20 Å². The molecule has 0 aromatic carbocycles. The number of pyridine rings is 1. The smallest absolute Gasteiger partial charge is 0.108 e. The molecule has 4 heteroatoms. The highest BCUT2D eigenvalue weighted by Gasteiger charge is 2.04. The first kappa shape index (κ1) is 11.0. The number of rotatable bonds is 3. The molecule has 0 spiro atoms. The minimum Gasteiger partial charge on any atom is -0.381 e. The molecular weight excluding hydrogens is 242 g/mol. The van der Waals surface area contributed by atoms with E-state index in [1.807, 2.05) is 19.9 Å². The summed E-state index contributed by atoms with van der Waals surface area (Å²) in [5, 5.41) is 11.8. The van der Waals surface area contributed by atoms with Gasteiger partial charge in [0.25, 0.3) is 0 Å². The van der Waals surface area contributed by atoms with Gasteiger partial charge in [-0.2, -0.15) is 5.26 Å². The second kappa shape index (κ2) is 4.97. The molecular formula is C10H12BrN3. The quantitative estimate of drug-likeness (QED) is 0.843. The Kier molecular flexibility index (Phi) is 3.90. The van der Waals surface area contributed by atoms with Crippen molar-refractivity contribution in [3.8, 4) is 6.07 Å². The van der Waals surface area contributed by atoms with Crippen LogP contribution in [0.2, 0.25) is 0 Å². The molecule has 1 N–H and O–H groups in total. The summed E-state index contributed by atoms with van der Waals surface area (Å²) >= 11 is 3.31. The van der Waals surface area contributed by atoms with Gasteiger partial charge in [-0.1, -0.05) is 0 Å². The van der Waals surface area contributed by atoms with E-state index in [4.69, 9.17) is 5.26 Å². The number of hydrogen-bond acceptors (Lipinski definition) is 3. The molecule has 1 atom stereocenters. The van der Waals surface area contributed by atoms with Crippen molar-refractivity contribution in [3.63, 3.8) is 0 Å². The van der Waals surface area contributed by atoms with Crippen LogP contribution in [0.5, 0.6) is 0 Å². The maximum Gasteiger partial charge on any atom is 0.108 e. The Morgan fingerprint density at radius 2 is 2.43 bits per heavy atom. The lowest BCUT2D eigenvalue weighted by Crippen LogP contribution is -2.14. The normalized spacial score (nSPS) is 11.9. The molecule has 1 rings (SSSR count). The van der Waals surface area contributed by atoms with Crippen molar-refractivity contribution in [2.75, 3.05) is 5.32 Å². The molecule has 0 amide bonds. The Labute approximate surface area is 92.3 Å². The second-order valence-electron chi connectivity index (χ2n) is 3.23. The van der Waals surface area contributed by atoms with Crippen LogP contribution in [-0.4, -0.2) is 11.0 Å². The topological polar surface area (TPSA) is 48.7 Å². The summed E-state index contributed by atoms with van der Waals surface area (Å²) in [5.41, 5.74) is 2.10. The third-order valence-corrected chi connectivity index (χ3v) is 2.30. The zero-order valence-corrected chi connectivity index (χ0v) is 9.80. The van der Waals surface area contributed by atoms with Crippen molar-refractivity contribution < 1.29 is 0 Å². The molecule has 1 unspecified atom stereocenters. The van der Waals surface area contributed by atoms with Crippen LogP contribution in [-0.2, 0) is 0 Å². The van der Waals surface area contributed by atoms with Crippen molar-refractivity contribution in [2.24, 2.45) is 0 Å². The first-order valence-electron chi connectivity index (χ1n) is 4.39. The second-order valence-corrected chi connectivity index (χ2v) is 4.04. The van der Waals surface area contributed by atoms with Gasteiger partial charge in [0.2, 0.25) is 0 Å². The number of hydrogen-bond donors (Lipinski definition) is 1. The number of nitrogens with zero attached hydrogens (tertiary/aromatic N) is 2. The van der Waals surface area contributed by atoms with Gasteiger partial charge in [0.05, 0.1) is 12.5 Å². The van der Waals surface area contributed by atoms with E-state index in [2.05, 4.69) is 32.3 Å². The third kappa shape index (κ3) is 3.00. The van der Waals surface area contributed by atoms with E-state index >= 15 is 0 Å². The standard InChI is InChI=1S/C10H12BrN3/c1-7-6-13-10(11)5-9(7)14-8(2)3-4-12/h5-6,8H,3H2,1-2H3,(H,13,14). The van der Waals surface area contributed by atoms with Gasteiger partial charge in [-0.15, -0.1) is 0 Å². The highest BCUT2D eigenvalue weighted by molar-refractivity contribution is 9.10. The molecule has 0 aliphatic rings. The first-order valence-corrected chi connectivity index (χ1v) is 5.18. The number of halogens is 1. The lowest BCUT2D eigenvalue weighted by Gasteiger charge is -2.13. The average molecular weight is 254 g/mol. The van der Waals surface area contributed by atoms with Gasteiger partial charge in [0, 0.05) is 17.9 Å². The monoisotopic (exact) mass is 253 g/mol. The third-order valence-electron chi connectivity index (χ3n) is 1.87. The summed E-state index contributed by atoms with van der Waals surface area (Å²) in [5.74, 6) is 0. The maximum absolute atomic E-state index is 8.53. The average Bonchev–Trinajstić information content (AvgIpc) is 2.12. The van der Waals surface area contributed by atoms with Crippen molar-refractivity contribution >= 4 is 21.6 Å². The Morgan fingerprint density at radius 1 is 1.71 bits per heavy atom. The summed E-state index contributed by atoms with van der Waals surface area (Å²) in [4.78, 5) is 4.10. The zero-order chi connectivity index (χ0) is 10.6. The molecule has 1 aromatic heterocycles. The number of anilines is 1. The molecule has 3 nitrogen and oxygen atoms in total. The van der Waals surface area contributed by atoms with E-state index < -0.39 is 0 Å². The SMILES string of the molecule is Cc1cnc(Br)cc1NC(C)CC#N. The number of aryl methyl sites for hydroxylation is 1. The summed E-state index contributed by atoms with van der Waals surface area (Å²) in [6.45, 7) is 3.97. The molecule has 0 fully saturated rings. The molecule has 0 saturated heterocycles. The van der Waals surface area contributed by atoms with Crippen molar-refractivity contribution in [1.29, 1.82) is 5.26 Å². The minimum absolute atomic E-state index is 0.160. The van der Waals surface area contributed by atoms with Gasteiger partial charge < -0.3 is 5.32 Å². The Hall–Kier alpha value is -1.08. The molecule has 14 heavy (non-hydrogen) atoms. The van der Waals surface area contributed by atoms with Crippen molar-refractivity contribution in [3.05, 3.63) is 22.4 Å². The highest BCUT2D eigenvalue weighted by Crippen LogP contribution is 2.19. The maximum atomic E-state index is 8.53. The summed E-state index contributed by atoms with van der Waals surface area (Å²) in [7, 11) is 0. The van der Waals surface area contributed by atoms with Gasteiger partial charge in [-0.05, 0) is 41.4 Å². The number of nitrogens with one attached hydrogen (secondary N) is 1. The van der Waals surface area contributed by atoms with E-state index in [-0.39, 0.29) is 6.04 Å². The van der Waals surface area contributed by atoms with Gasteiger partial charge >= 0.3 is 0 Å². The fourth-order valence-electron chi connectivity index (χ4n) is 1.11. The lowest BCUT2D eigenvalue weighted by molar-refractivity contribution is 0.819. The van der Waals surface area contributed by atoms with Crippen LogP contribution in [0.15, 0.2) is 16.9 Å². The summed E-state index contributed by atoms with van der Waals surface area (Å²) in [6, 6.07) is 4.21. The molecule has 0 radical (unpaired) electrons. The predicted molar refractivity (Wildman–Crippen MR) is 60.0 cm³/mol. The number of nitriles is 1. The Balaban J connectivity index is 2.76. The first-order chi connectivity index (χ1) is 6.63. The van der Waals surface area contributed by atoms with Gasteiger partial charge in [0.1, 0.15) is 4.60 Å². The van der Waals surface area contributed by atoms with Crippen LogP contribution < -0.4 is 5.32 Å². The van der Waals surface area contributed by atoms with Crippen LogP contribution in [0.25, 0.3) is 0 Å². The van der Waals surface area contributed by atoms with E-state index in [1.165, 1.54) is 0 Å². The van der Waals surface area contributed by atoms with Crippen LogP contribution in [0.1, 0.15) is 18.9 Å². The number of aromatic nitrogens is 1. The molecule has 0 saturated carbocycles. The van der Waals surface area contributed by atoms with Crippen molar-refractivity contribution in [2.45, 2.75) is 26.3 Å². The molecule has 0 bridgehead atoms. The Bertz CT molecular complexity index is 357.